The van der Waals surface area contributed by atoms with Gasteiger partial charge >= 0.3 is 0 Å². The fourth-order valence-electron chi connectivity index (χ4n) is 3.54. The van der Waals surface area contributed by atoms with Crippen molar-refractivity contribution in [2.45, 2.75) is 0 Å². The smallest absolute Gasteiger partial charge is 0.0547 e. The maximum Gasteiger partial charge on any atom is 0.0547 e. The van der Waals surface area contributed by atoms with Gasteiger partial charge < -0.3 is 4.57 Å². The molecule has 0 aliphatic rings. The lowest BCUT2D eigenvalue weighted by Gasteiger charge is -2.08. The molecule has 5 rings (SSSR count). The minimum Gasteiger partial charge on any atom is -0.309 e. The van der Waals surface area contributed by atoms with Crippen LogP contribution in [0, 0.1) is 0 Å². The third kappa shape index (κ3) is 1.95. The Kier molecular flexibility index (Phi) is 2.91. The standard InChI is InChI=1S/C22H14ClN/c23-17-11-10-15-13-20-19-8-4-5-9-21(19)24(18-6-2-1-3-7-18)22(20)14-16(15)12-17/h1-14H. The van der Waals surface area contributed by atoms with Gasteiger partial charge in [-0.2, -0.15) is 0 Å². The highest BCUT2D eigenvalue weighted by Gasteiger charge is 2.12. The SMILES string of the molecule is Clc1ccc2cc3c4ccccc4n(-c4ccccc4)c3cc2c1. The topological polar surface area (TPSA) is 4.93 Å². The minimum atomic E-state index is 0.768. The molecule has 0 aliphatic heterocycles. The van der Waals surface area contributed by atoms with E-state index < -0.39 is 0 Å². The first-order valence-corrected chi connectivity index (χ1v) is 8.37. The molecule has 0 spiro atoms. The number of hydrogen-bond acceptors (Lipinski definition) is 0. The Balaban J connectivity index is 2.01. The second-order valence-corrected chi connectivity index (χ2v) is 6.49. The van der Waals surface area contributed by atoms with Crippen molar-refractivity contribution in [3.63, 3.8) is 0 Å². The molecule has 0 fully saturated rings. The molecule has 0 radical (unpaired) electrons. The first-order chi connectivity index (χ1) is 11.8. The number of aromatic nitrogens is 1. The summed E-state index contributed by atoms with van der Waals surface area (Å²) in [5.74, 6) is 0. The van der Waals surface area contributed by atoms with Crippen LogP contribution in [0.2, 0.25) is 5.02 Å². The lowest BCUT2D eigenvalue weighted by atomic mass is 10.1. The molecule has 5 aromatic rings. The molecule has 0 amide bonds. The summed E-state index contributed by atoms with van der Waals surface area (Å²) in [6.07, 6.45) is 0. The number of nitrogens with zero attached hydrogens (tertiary/aromatic N) is 1. The Bertz CT molecular complexity index is 1200. The zero-order valence-corrected chi connectivity index (χ0v) is 13.7. The van der Waals surface area contributed by atoms with E-state index in [1.807, 2.05) is 18.2 Å². The summed E-state index contributed by atoms with van der Waals surface area (Å²) in [5.41, 5.74) is 3.60. The zero-order valence-electron chi connectivity index (χ0n) is 12.9. The molecule has 0 aliphatic carbocycles. The fourth-order valence-corrected chi connectivity index (χ4v) is 3.72. The predicted molar refractivity (Wildman–Crippen MR) is 103 cm³/mol. The average Bonchev–Trinajstić information content (AvgIpc) is 2.94. The van der Waals surface area contributed by atoms with Crippen molar-refractivity contribution < 1.29 is 0 Å². The normalized spacial score (nSPS) is 11.5. The van der Waals surface area contributed by atoms with E-state index in [1.54, 1.807) is 0 Å². The summed E-state index contributed by atoms with van der Waals surface area (Å²) in [6.45, 7) is 0. The maximum absolute atomic E-state index is 6.20. The molecular weight excluding hydrogens is 314 g/mol. The van der Waals surface area contributed by atoms with Crippen LogP contribution in [-0.2, 0) is 0 Å². The summed E-state index contributed by atoms with van der Waals surface area (Å²) >= 11 is 6.20. The van der Waals surface area contributed by atoms with Crippen LogP contribution in [0.4, 0.5) is 0 Å². The largest absolute Gasteiger partial charge is 0.309 e. The Morgan fingerprint density at radius 3 is 2.25 bits per heavy atom. The number of rotatable bonds is 1. The molecule has 0 saturated heterocycles. The van der Waals surface area contributed by atoms with E-state index in [-0.39, 0.29) is 0 Å². The highest BCUT2D eigenvalue weighted by Crippen LogP contribution is 2.35. The summed E-state index contributed by atoms with van der Waals surface area (Å²) in [5, 5.41) is 5.68. The van der Waals surface area contributed by atoms with Crippen molar-refractivity contribution in [3.8, 4) is 5.69 Å². The zero-order chi connectivity index (χ0) is 16.1. The molecule has 1 aromatic heterocycles. The highest BCUT2D eigenvalue weighted by molar-refractivity contribution is 6.31. The molecule has 0 atom stereocenters. The number of halogens is 1. The van der Waals surface area contributed by atoms with E-state index in [4.69, 9.17) is 11.6 Å². The minimum absolute atomic E-state index is 0.768. The van der Waals surface area contributed by atoms with E-state index in [1.165, 1.54) is 32.9 Å². The van der Waals surface area contributed by atoms with Crippen molar-refractivity contribution in [1.82, 2.24) is 4.57 Å². The third-order valence-corrected chi connectivity index (χ3v) is 4.84. The summed E-state index contributed by atoms with van der Waals surface area (Å²) in [7, 11) is 0. The van der Waals surface area contributed by atoms with Crippen LogP contribution in [-0.4, -0.2) is 4.57 Å². The number of fused-ring (bicyclic) bond motifs is 4. The van der Waals surface area contributed by atoms with Gasteiger partial charge in [-0.25, -0.2) is 0 Å². The van der Waals surface area contributed by atoms with E-state index in [9.17, 15) is 0 Å². The van der Waals surface area contributed by atoms with Crippen molar-refractivity contribution in [3.05, 3.63) is 90.0 Å². The van der Waals surface area contributed by atoms with Crippen molar-refractivity contribution >= 4 is 44.2 Å². The second-order valence-electron chi connectivity index (χ2n) is 6.05. The lowest BCUT2D eigenvalue weighted by Crippen LogP contribution is -1.92. The molecule has 0 saturated carbocycles. The highest BCUT2D eigenvalue weighted by atomic mass is 35.5. The second kappa shape index (κ2) is 5.12. The molecule has 0 N–H and O–H groups in total. The van der Waals surface area contributed by atoms with E-state index >= 15 is 0 Å². The third-order valence-electron chi connectivity index (χ3n) is 4.61. The number of benzene rings is 4. The Morgan fingerprint density at radius 2 is 1.38 bits per heavy atom. The van der Waals surface area contributed by atoms with Gasteiger partial charge in [0.1, 0.15) is 0 Å². The maximum atomic E-state index is 6.20. The van der Waals surface area contributed by atoms with Crippen LogP contribution in [0.5, 0.6) is 0 Å². The van der Waals surface area contributed by atoms with Gasteiger partial charge in [0.15, 0.2) is 0 Å². The van der Waals surface area contributed by atoms with Gasteiger partial charge in [-0.3, -0.25) is 0 Å². The van der Waals surface area contributed by atoms with Crippen molar-refractivity contribution in [1.29, 1.82) is 0 Å². The number of hydrogen-bond donors (Lipinski definition) is 0. The molecule has 2 heteroatoms. The Hall–Kier alpha value is -2.77. The van der Waals surface area contributed by atoms with Crippen LogP contribution in [0.15, 0.2) is 84.9 Å². The molecule has 24 heavy (non-hydrogen) atoms. The summed E-state index contributed by atoms with van der Waals surface area (Å²) in [6, 6.07) is 29.6. The predicted octanol–water partition coefficient (Wildman–Crippen LogP) is 6.59. The quantitative estimate of drug-likeness (QED) is 0.327. The molecular formula is C22H14ClN. The van der Waals surface area contributed by atoms with Crippen LogP contribution < -0.4 is 0 Å². The van der Waals surface area contributed by atoms with Crippen molar-refractivity contribution in [2.75, 3.05) is 0 Å². The van der Waals surface area contributed by atoms with Crippen LogP contribution in [0.25, 0.3) is 38.3 Å². The van der Waals surface area contributed by atoms with E-state index in [2.05, 4.69) is 71.3 Å². The van der Waals surface area contributed by atoms with Crippen LogP contribution in [0.1, 0.15) is 0 Å². The molecule has 0 bridgehead atoms. The molecule has 114 valence electrons. The van der Waals surface area contributed by atoms with E-state index in [0.717, 1.165) is 10.4 Å². The Labute approximate surface area is 144 Å². The van der Waals surface area contributed by atoms with Gasteiger partial charge in [0.05, 0.1) is 11.0 Å². The van der Waals surface area contributed by atoms with Crippen LogP contribution in [0.3, 0.4) is 0 Å². The van der Waals surface area contributed by atoms with Gasteiger partial charge in [0.2, 0.25) is 0 Å². The molecule has 0 unspecified atom stereocenters. The molecule has 1 heterocycles. The first kappa shape index (κ1) is 13.6. The van der Waals surface area contributed by atoms with Gasteiger partial charge in [-0.1, -0.05) is 54.1 Å². The fraction of sp³-hybridized carbons (Fsp3) is 0. The number of para-hydroxylation sites is 2. The van der Waals surface area contributed by atoms with Gasteiger partial charge in [-0.05, 0) is 53.2 Å². The summed E-state index contributed by atoms with van der Waals surface area (Å²) < 4.78 is 2.32. The van der Waals surface area contributed by atoms with Gasteiger partial charge in [-0.15, -0.1) is 0 Å². The van der Waals surface area contributed by atoms with Gasteiger partial charge in [0, 0.05) is 21.5 Å². The van der Waals surface area contributed by atoms with Crippen LogP contribution >= 0.6 is 11.6 Å². The monoisotopic (exact) mass is 327 g/mol. The molecule has 4 aromatic carbocycles. The first-order valence-electron chi connectivity index (χ1n) is 7.99. The average molecular weight is 328 g/mol. The molecule has 1 nitrogen and oxygen atoms in total. The van der Waals surface area contributed by atoms with Crippen molar-refractivity contribution in [2.24, 2.45) is 0 Å². The van der Waals surface area contributed by atoms with E-state index in [0.29, 0.717) is 0 Å². The summed E-state index contributed by atoms with van der Waals surface area (Å²) in [4.78, 5) is 0. The lowest BCUT2D eigenvalue weighted by molar-refractivity contribution is 1.18. The van der Waals surface area contributed by atoms with Gasteiger partial charge in [0.25, 0.3) is 0 Å². The Morgan fingerprint density at radius 1 is 0.583 bits per heavy atom.